The van der Waals surface area contributed by atoms with E-state index in [0.29, 0.717) is 0 Å². The third-order valence-electron chi connectivity index (χ3n) is 12.0. The number of benzene rings is 10. The van der Waals surface area contributed by atoms with Gasteiger partial charge in [0.25, 0.3) is 0 Å². The molecule has 2 aromatic heterocycles. The third kappa shape index (κ3) is 5.44. The zero-order valence-corrected chi connectivity index (χ0v) is 32.1. The second kappa shape index (κ2) is 13.4. The van der Waals surface area contributed by atoms with Gasteiger partial charge >= 0.3 is 0 Å². The largest absolute Gasteiger partial charge is 0.455 e. The van der Waals surface area contributed by atoms with Crippen molar-refractivity contribution in [2.24, 2.45) is 0 Å². The first-order valence-corrected chi connectivity index (χ1v) is 20.2. The van der Waals surface area contributed by atoms with Crippen LogP contribution in [0.2, 0.25) is 0 Å². The number of hydrogen-bond donors (Lipinski definition) is 0. The summed E-state index contributed by atoms with van der Waals surface area (Å²) in [5.41, 5.74) is 13.3. The molecular formula is C56H36N2O. The number of furan rings is 1. The minimum Gasteiger partial charge on any atom is -0.455 e. The standard InChI is InChI=1S/C56H36N2O/c1-2-14-40-35-45(31-26-37(40)12-1)57(52-21-8-5-17-46(52)42-28-33-55-51(36-42)50-32-27-39-13-3-4-18-47(39)56(50)59-55)43-29-24-38(25-30-43)41-15-11-16-44(34-41)58-53-22-9-6-19-48(53)49-20-7-10-23-54(49)58/h1-36H. The van der Waals surface area contributed by atoms with Gasteiger partial charge in [-0.1, -0.05) is 146 Å². The van der Waals surface area contributed by atoms with Gasteiger partial charge in [0.2, 0.25) is 0 Å². The molecule has 0 aliphatic carbocycles. The quantitative estimate of drug-likeness (QED) is 0.169. The molecule has 0 bridgehead atoms. The Morgan fingerprint density at radius 2 is 1.00 bits per heavy atom. The van der Waals surface area contributed by atoms with E-state index in [-0.39, 0.29) is 0 Å². The zero-order chi connectivity index (χ0) is 38.9. The highest BCUT2D eigenvalue weighted by Gasteiger charge is 2.20. The Hall–Kier alpha value is -7.88. The Kier molecular flexibility index (Phi) is 7.54. The van der Waals surface area contributed by atoms with Crippen molar-refractivity contribution in [1.82, 2.24) is 4.57 Å². The van der Waals surface area contributed by atoms with Gasteiger partial charge in [0, 0.05) is 49.6 Å². The van der Waals surface area contributed by atoms with E-state index >= 15 is 0 Å². The van der Waals surface area contributed by atoms with Crippen molar-refractivity contribution in [3.05, 3.63) is 218 Å². The van der Waals surface area contributed by atoms with E-state index in [1.54, 1.807) is 0 Å². The molecule has 0 spiro atoms. The van der Waals surface area contributed by atoms with E-state index in [1.165, 1.54) is 43.5 Å². The van der Waals surface area contributed by atoms with Gasteiger partial charge in [-0.15, -0.1) is 0 Å². The smallest absolute Gasteiger partial charge is 0.143 e. The van der Waals surface area contributed by atoms with Crippen LogP contribution in [0.1, 0.15) is 0 Å². The van der Waals surface area contributed by atoms with Crippen LogP contribution in [0.5, 0.6) is 0 Å². The van der Waals surface area contributed by atoms with Crippen molar-refractivity contribution in [1.29, 1.82) is 0 Å². The summed E-state index contributed by atoms with van der Waals surface area (Å²) >= 11 is 0. The molecule has 276 valence electrons. The summed E-state index contributed by atoms with van der Waals surface area (Å²) in [5, 5.41) is 9.49. The van der Waals surface area contributed by atoms with Crippen LogP contribution in [0.3, 0.4) is 0 Å². The fourth-order valence-electron chi connectivity index (χ4n) is 9.16. The van der Waals surface area contributed by atoms with Gasteiger partial charge in [0.05, 0.1) is 16.7 Å². The fourth-order valence-corrected chi connectivity index (χ4v) is 9.16. The van der Waals surface area contributed by atoms with Gasteiger partial charge in [-0.2, -0.15) is 0 Å². The Balaban J connectivity index is 0.984. The monoisotopic (exact) mass is 752 g/mol. The lowest BCUT2D eigenvalue weighted by Crippen LogP contribution is -2.11. The molecule has 12 rings (SSSR count). The van der Waals surface area contributed by atoms with E-state index in [2.05, 4.69) is 228 Å². The molecule has 0 radical (unpaired) electrons. The summed E-state index contributed by atoms with van der Waals surface area (Å²) in [6.45, 7) is 0. The minimum absolute atomic E-state index is 0.891. The third-order valence-corrected chi connectivity index (χ3v) is 12.0. The predicted molar refractivity (Wildman–Crippen MR) is 249 cm³/mol. The van der Waals surface area contributed by atoms with Crippen LogP contribution in [0.25, 0.3) is 93.2 Å². The normalized spacial score (nSPS) is 11.7. The second-order valence-corrected chi connectivity index (χ2v) is 15.3. The van der Waals surface area contributed by atoms with E-state index in [0.717, 1.165) is 66.8 Å². The van der Waals surface area contributed by atoms with Crippen molar-refractivity contribution in [3.63, 3.8) is 0 Å². The first-order valence-electron chi connectivity index (χ1n) is 20.2. The Morgan fingerprint density at radius 3 is 1.81 bits per heavy atom. The van der Waals surface area contributed by atoms with Gasteiger partial charge in [0.1, 0.15) is 11.2 Å². The molecule has 59 heavy (non-hydrogen) atoms. The van der Waals surface area contributed by atoms with Gasteiger partial charge in [0.15, 0.2) is 0 Å². The van der Waals surface area contributed by atoms with Gasteiger partial charge in [-0.3, -0.25) is 0 Å². The lowest BCUT2D eigenvalue weighted by molar-refractivity contribution is 0.672. The minimum atomic E-state index is 0.891. The van der Waals surface area contributed by atoms with E-state index < -0.39 is 0 Å². The lowest BCUT2D eigenvalue weighted by atomic mass is 9.98. The van der Waals surface area contributed by atoms with Crippen molar-refractivity contribution in [3.8, 4) is 27.9 Å². The molecule has 3 nitrogen and oxygen atoms in total. The summed E-state index contributed by atoms with van der Waals surface area (Å²) in [6, 6.07) is 78.8. The van der Waals surface area contributed by atoms with Crippen LogP contribution < -0.4 is 4.90 Å². The molecule has 0 N–H and O–H groups in total. The van der Waals surface area contributed by atoms with E-state index in [4.69, 9.17) is 4.42 Å². The predicted octanol–water partition coefficient (Wildman–Crippen LogP) is 15.8. The second-order valence-electron chi connectivity index (χ2n) is 15.3. The number of para-hydroxylation sites is 3. The van der Waals surface area contributed by atoms with Gasteiger partial charge in [-0.25, -0.2) is 0 Å². The van der Waals surface area contributed by atoms with Crippen LogP contribution in [-0.4, -0.2) is 4.57 Å². The summed E-state index contributed by atoms with van der Waals surface area (Å²) in [7, 11) is 0. The molecule has 0 saturated carbocycles. The maximum absolute atomic E-state index is 6.52. The molecule has 2 heterocycles. The van der Waals surface area contributed by atoms with Crippen molar-refractivity contribution in [2.75, 3.05) is 4.90 Å². The summed E-state index contributed by atoms with van der Waals surface area (Å²) in [5.74, 6) is 0. The maximum Gasteiger partial charge on any atom is 0.143 e. The Labute approximate surface area is 341 Å². The summed E-state index contributed by atoms with van der Waals surface area (Å²) in [6.07, 6.45) is 0. The number of rotatable bonds is 6. The maximum atomic E-state index is 6.52. The highest BCUT2D eigenvalue weighted by Crippen LogP contribution is 2.44. The van der Waals surface area contributed by atoms with Crippen LogP contribution in [0.15, 0.2) is 223 Å². The first kappa shape index (κ1) is 33.3. The number of hydrogen-bond acceptors (Lipinski definition) is 2. The number of fused-ring (bicyclic) bond motifs is 9. The number of nitrogens with zero attached hydrogens (tertiary/aromatic N) is 2. The number of anilines is 3. The average molecular weight is 753 g/mol. The Morgan fingerprint density at radius 1 is 0.356 bits per heavy atom. The van der Waals surface area contributed by atoms with Crippen LogP contribution in [-0.2, 0) is 0 Å². The molecule has 0 amide bonds. The molecule has 0 atom stereocenters. The van der Waals surface area contributed by atoms with Crippen LogP contribution in [0, 0.1) is 0 Å². The zero-order valence-electron chi connectivity index (χ0n) is 32.1. The molecule has 0 aliphatic heterocycles. The van der Waals surface area contributed by atoms with Crippen molar-refractivity contribution < 1.29 is 4.42 Å². The molecule has 10 aromatic carbocycles. The topological polar surface area (TPSA) is 21.3 Å². The first-order chi connectivity index (χ1) is 29.2. The van der Waals surface area contributed by atoms with Crippen LogP contribution in [0.4, 0.5) is 17.1 Å². The molecule has 0 fully saturated rings. The van der Waals surface area contributed by atoms with Gasteiger partial charge in [-0.05, 0) is 106 Å². The lowest BCUT2D eigenvalue weighted by Gasteiger charge is -2.28. The van der Waals surface area contributed by atoms with Crippen molar-refractivity contribution in [2.45, 2.75) is 0 Å². The molecular weight excluding hydrogens is 717 g/mol. The molecule has 0 aliphatic rings. The fraction of sp³-hybridized carbons (Fsp3) is 0. The SMILES string of the molecule is c1cc(-c2ccc(N(c3ccc4ccccc4c3)c3ccccc3-c3ccc4oc5c6ccccc6ccc5c4c3)cc2)cc(-n2c3ccccc3c3ccccc32)c1. The van der Waals surface area contributed by atoms with Crippen LogP contribution >= 0.6 is 0 Å². The average Bonchev–Trinajstić information content (AvgIpc) is 3.85. The van der Waals surface area contributed by atoms with Gasteiger partial charge < -0.3 is 13.9 Å². The molecule has 3 heteroatoms. The molecule has 0 unspecified atom stereocenters. The van der Waals surface area contributed by atoms with E-state index in [1.807, 2.05) is 0 Å². The number of aromatic nitrogens is 1. The molecule has 0 saturated heterocycles. The highest BCUT2D eigenvalue weighted by molar-refractivity contribution is 6.16. The Bertz CT molecular complexity index is 3520. The highest BCUT2D eigenvalue weighted by atomic mass is 16.3. The van der Waals surface area contributed by atoms with E-state index in [9.17, 15) is 0 Å². The summed E-state index contributed by atoms with van der Waals surface area (Å²) < 4.78 is 8.90. The summed E-state index contributed by atoms with van der Waals surface area (Å²) in [4.78, 5) is 2.39. The molecule has 12 aromatic rings. The van der Waals surface area contributed by atoms with Crippen molar-refractivity contribution >= 4 is 82.4 Å².